The molecule has 0 aromatic heterocycles. The fraction of sp³-hybridized carbons (Fsp3) is 0.450. The summed E-state index contributed by atoms with van der Waals surface area (Å²) in [6.07, 6.45) is 2.90. The van der Waals surface area contributed by atoms with E-state index in [4.69, 9.17) is 21.7 Å². The van der Waals surface area contributed by atoms with Gasteiger partial charge in [0.15, 0.2) is 11.5 Å². The maximum absolute atomic E-state index is 12.6. The van der Waals surface area contributed by atoms with E-state index in [1.54, 1.807) is 13.2 Å². The molecule has 1 aromatic carbocycles. The zero-order valence-corrected chi connectivity index (χ0v) is 17.9. The quantitative estimate of drug-likeness (QED) is 0.424. The van der Waals surface area contributed by atoms with Gasteiger partial charge < -0.3 is 19.4 Å². The molecule has 1 aliphatic heterocycles. The highest BCUT2D eigenvalue weighted by Crippen LogP contribution is 2.35. The molecule has 8 heteroatoms. The Bertz CT molecular complexity index is 776. The molecule has 1 aromatic rings. The minimum absolute atomic E-state index is 0.106. The van der Waals surface area contributed by atoms with E-state index in [0.29, 0.717) is 39.7 Å². The molecule has 28 heavy (non-hydrogen) atoms. The van der Waals surface area contributed by atoms with Gasteiger partial charge in [-0.1, -0.05) is 43.9 Å². The first-order valence-corrected chi connectivity index (χ1v) is 10.3. The Labute approximate surface area is 174 Å². The molecular weight excluding hydrogens is 398 g/mol. The SMILES string of the molecule is COc1cc(/C=C2\SC(=S)N(CCCC(=O)[O-])C2=O)ccc1OCCC(C)C. The van der Waals surface area contributed by atoms with E-state index in [2.05, 4.69) is 13.8 Å². The van der Waals surface area contributed by atoms with Crippen LogP contribution in [0.3, 0.4) is 0 Å². The molecule has 1 amide bonds. The first-order valence-electron chi connectivity index (χ1n) is 9.08. The fourth-order valence-electron chi connectivity index (χ4n) is 2.52. The third kappa shape index (κ3) is 6.24. The number of carbonyl (C=O) groups is 2. The molecule has 152 valence electrons. The number of thiocarbonyl (C=S) groups is 1. The van der Waals surface area contributed by atoms with Crippen molar-refractivity contribution in [2.45, 2.75) is 33.1 Å². The van der Waals surface area contributed by atoms with Crippen LogP contribution in [0.5, 0.6) is 11.5 Å². The summed E-state index contributed by atoms with van der Waals surface area (Å²) in [5.74, 6) is 0.462. The number of carbonyl (C=O) groups excluding carboxylic acids is 2. The van der Waals surface area contributed by atoms with E-state index < -0.39 is 5.97 Å². The van der Waals surface area contributed by atoms with Crippen LogP contribution >= 0.6 is 24.0 Å². The highest BCUT2D eigenvalue weighted by atomic mass is 32.2. The van der Waals surface area contributed by atoms with E-state index in [1.165, 1.54) is 16.7 Å². The summed E-state index contributed by atoms with van der Waals surface area (Å²) in [5.41, 5.74) is 0.795. The van der Waals surface area contributed by atoms with Crippen molar-refractivity contribution in [2.75, 3.05) is 20.3 Å². The molecule has 0 N–H and O–H groups in total. The maximum atomic E-state index is 12.6. The largest absolute Gasteiger partial charge is 0.550 e. The number of ether oxygens (including phenoxy) is 2. The Kier molecular flexibility index (Phi) is 8.32. The lowest BCUT2D eigenvalue weighted by atomic mass is 10.1. The van der Waals surface area contributed by atoms with Crippen molar-refractivity contribution in [1.29, 1.82) is 0 Å². The molecule has 0 atom stereocenters. The Hall–Kier alpha value is -2.06. The van der Waals surface area contributed by atoms with Crippen LogP contribution in [0, 0.1) is 5.92 Å². The van der Waals surface area contributed by atoms with Gasteiger partial charge in [-0.25, -0.2) is 0 Å². The zero-order chi connectivity index (χ0) is 20.7. The lowest BCUT2D eigenvalue weighted by molar-refractivity contribution is -0.305. The molecule has 0 saturated carbocycles. The number of carboxylic acid groups (broad SMARTS) is 1. The Balaban J connectivity index is 2.08. The first kappa shape index (κ1) is 22.2. The number of benzene rings is 1. The summed E-state index contributed by atoms with van der Waals surface area (Å²) in [6.45, 7) is 5.15. The van der Waals surface area contributed by atoms with Gasteiger partial charge in [-0.15, -0.1) is 0 Å². The monoisotopic (exact) mass is 422 g/mol. The Morgan fingerprint density at radius 1 is 1.36 bits per heavy atom. The van der Waals surface area contributed by atoms with E-state index in [-0.39, 0.29) is 18.9 Å². The highest BCUT2D eigenvalue weighted by Gasteiger charge is 2.31. The van der Waals surface area contributed by atoms with E-state index in [1.807, 2.05) is 18.2 Å². The van der Waals surface area contributed by atoms with Crippen LogP contribution in [0.2, 0.25) is 0 Å². The highest BCUT2D eigenvalue weighted by molar-refractivity contribution is 8.26. The minimum Gasteiger partial charge on any atom is -0.550 e. The van der Waals surface area contributed by atoms with E-state index >= 15 is 0 Å². The van der Waals surface area contributed by atoms with E-state index in [0.717, 1.165) is 12.0 Å². The maximum Gasteiger partial charge on any atom is 0.266 e. The fourth-order valence-corrected chi connectivity index (χ4v) is 3.83. The first-order chi connectivity index (χ1) is 13.3. The average molecular weight is 423 g/mol. The second-order valence-corrected chi connectivity index (χ2v) is 8.43. The molecule has 0 aliphatic carbocycles. The summed E-state index contributed by atoms with van der Waals surface area (Å²) < 4.78 is 11.6. The third-order valence-electron chi connectivity index (χ3n) is 4.07. The lowest BCUT2D eigenvalue weighted by Gasteiger charge is -2.14. The molecule has 0 unspecified atom stereocenters. The summed E-state index contributed by atoms with van der Waals surface area (Å²) >= 11 is 6.45. The van der Waals surface area contributed by atoms with Crippen molar-refractivity contribution < 1.29 is 24.2 Å². The van der Waals surface area contributed by atoms with Gasteiger partial charge in [0, 0.05) is 12.5 Å². The molecule has 1 saturated heterocycles. The van der Waals surface area contributed by atoms with Crippen molar-refractivity contribution in [2.24, 2.45) is 5.92 Å². The number of thioether (sulfide) groups is 1. The molecule has 1 aliphatic rings. The molecule has 0 radical (unpaired) electrons. The number of aliphatic carboxylic acids is 1. The summed E-state index contributed by atoms with van der Waals surface area (Å²) in [5, 5.41) is 10.5. The number of rotatable bonds is 10. The van der Waals surface area contributed by atoms with Crippen LogP contribution in [0.1, 0.15) is 38.7 Å². The van der Waals surface area contributed by atoms with Crippen LogP contribution in [0.15, 0.2) is 23.1 Å². The van der Waals surface area contributed by atoms with Crippen molar-refractivity contribution in [1.82, 2.24) is 4.90 Å². The van der Waals surface area contributed by atoms with Crippen molar-refractivity contribution in [3.8, 4) is 11.5 Å². The Morgan fingerprint density at radius 2 is 2.11 bits per heavy atom. The van der Waals surface area contributed by atoms with Crippen molar-refractivity contribution in [3.63, 3.8) is 0 Å². The van der Waals surface area contributed by atoms with Gasteiger partial charge in [-0.2, -0.15) is 0 Å². The topological polar surface area (TPSA) is 78.9 Å². The number of carboxylic acids is 1. The second kappa shape index (κ2) is 10.5. The van der Waals surface area contributed by atoms with Crippen LogP contribution in [0.4, 0.5) is 0 Å². The predicted molar refractivity (Wildman–Crippen MR) is 112 cm³/mol. The van der Waals surface area contributed by atoms with Gasteiger partial charge >= 0.3 is 0 Å². The van der Waals surface area contributed by atoms with Crippen LogP contribution in [0.25, 0.3) is 6.08 Å². The molecule has 1 heterocycles. The van der Waals surface area contributed by atoms with Crippen molar-refractivity contribution >= 4 is 46.3 Å². The van der Waals surface area contributed by atoms with Crippen LogP contribution in [-0.2, 0) is 9.59 Å². The lowest BCUT2D eigenvalue weighted by Crippen LogP contribution is -2.30. The van der Waals surface area contributed by atoms with Crippen molar-refractivity contribution in [3.05, 3.63) is 28.7 Å². The molecule has 0 spiro atoms. The average Bonchev–Trinajstić information content (AvgIpc) is 2.89. The van der Waals surface area contributed by atoms with Crippen LogP contribution < -0.4 is 14.6 Å². The number of methoxy groups -OCH3 is 1. The summed E-state index contributed by atoms with van der Waals surface area (Å²) in [4.78, 5) is 25.0. The number of nitrogens with zero attached hydrogens (tertiary/aromatic N) is 1. The molecule has 6 nitrogen and oxygen atoms in total. The molecule has 1 fully saturated rings. The molecular formula is C20H24NO5S2-. The predicted octanol–water partition coefficient (Wildman–Crippen LogP) is 2.85. The van der Waals surface area contributed by atoms with Gasteiger partial charge in [-0.05, 0) is 49.0 Å². The third-order valence-corrected chi connectivity index (χ3v) is 5.45. The summed E-state index contributed by atoms with van der Waals surface area (Å²) in [7, 11) is 1.57. The van der Waals surface area contributed by atoms with Gasteiger partial charge in [0.05, 0.1) is 18.6 Å². The van der Waals surface area contributed by atoms with Gasteiger partial charge in [0.1, 0.15) is 4.32 Å². The number of hydrogen-bond donors (Lipinski definition) is 0. The van der Waals surface area contributed by atoms with Crippen LogP contribution in [-0.4, -0.2) is 41.4 Å². The smallest absolute Gasteiger partial charge is 0.266 e. The summed E-state index contributed by atoms with van der Waals surface area (Å²) in [6, 6.07) is 5.49. The van der Waals surface area contributed by atoms with E-state index in [9.17, 15) is 14.7 Å². The number of amides is 1. The Morgan fingerprint density at radius 3 is 2.75 bits per heavy atom. The van der Waals surface area contributed by atoms with Gasteiger partial charge in [0.2, 0.25) is 0 Å². The zero-order valence-electron chi connectivity index (χ0n) is 16.2. The second-order valence-electron chi connectivity index (χ2n) is 6.75. The van der Waals surface area contributed by atoms with Gasteiger partial charge in [0.25, 0.3) is 5.91 Å². The van der Waals surface area contributed by atoms with Gasteiger partial charge in [-0.3, -0.25) is 9.69 Å². The normalized spacial score (nSPS) is 15.6. The minimum atomic E-state index is -1.14. The molecule has 2 rings (SSSR count). The number of hydrogen-bond acceptors (Lipinski definition) is 7. The molecule has 0 bridgehead atoms. The standard InChI is InChI=1S/C20H25NO5S2/c1-13(2)8-10-26-15-7-6-14(11-16(15)25-3)12-17-19(24)21(20(27)28-17)9-4-5-18(22)23/h6-7,11-13H,4-5,8-10H2,1-3H3,(H,22,23)/p-1/b17-12-.